The quantitative estimate of drug-likeness (QED) is 0.850. The van der Waals surface area contributed by atoms with Crippen molar-refractivity contribution in [3.63, 3.8) is 0 Å². The Kier molecular flexibility index (Phi) is 4.37. The molecule has 2 aromatic rings. The molecule has 0 bridgehead atoms. The molecular weight excluding hydrogens is 275 g/mol. The van der Waals surface area contributed by atoms with E-state index in [2.05, 4.69) is 10.3 Å². The van der Waals surface area contributed by atoms with E-state index in [9.17, 15) is 14.0 Å². The number of halogens is 1. The minimum absolute atomic E-state index is 0.170. The van der Waals surface area contributed by atoms with Gasteiger partial charge in [-0.25, -0.2) is 9.18 Å². The first-order chi connectivity index (χ1) is 10.0. The Balaban J connectivity index is 2.24. The second-order valence-electron chi connectivity index (χ2n) is 4.39. The van der Waals surface area contributed by atoms with E-state index in [1.54, 1.807) is 13.8 Å². The molecule has 1 heterocycles. The molecule has 0 unspecified atom stereocenters. The van der Waals surface area contributed by atoms with Gasteiger partial charge in [0.15, 0.2) is 0 Å². The summed E-state index contributed by atoms with van der Waals surface area (Å²) in [4.78, 5) is 26.8. The predicted molar refractivity (Wildman–Crippen MR) is 75.8 cm³/mol. The van der Waals surface area contributed by atoms with E-state index in [0.717, 1.165) is 6.07 Å². The lowest BCUT2D eigenvalue weighted by atomic mass is 10.2. The number of rotatable bonds is 4. The van der Waals surface area contributed by atoms with Gasteiger partial charge in [-0.1, -0.05) is 6.07 Å². The van der Waals surface area contributed by atoms with Crippen LogP contribution >= 0.6 is 0 Å². The first kappa shape index (κ1) is 14.8. The largest absolute Gasteiger partial charge is 0.462 e. The van der Waals surface area contributed by atoms with E-state index < -0.39 is 17.7 Å². The minimum Gasteiger partial charge on any atom is -0.462 e. The predicted octanol–water partition coefficient (Wildman–Crippen LogP) is 2.89. The molecule has 21 heavy (non-hydrogen) atoms. The molecule has 0 saturated heterocycles. The van der Waals surface area contributed by atoms with Gasteiger partial charge in [0.05, 0.1) is 12.3 Å². The summed E-state index contributed by atoms with van der Waals surface area (Å²) >= 11 is 0. The minimum atomic E-state index is -0.522. The third kappa shape index (κ3) is 3.28. The first-order valence-electron chi connectivity index (χ1n) is 6.45. The van der Waals surface area contributed by atoms with Gasteiger partial charge in [-0.3, -0.25) is 4.79 Å². The second kappa shape index (κ2) is 6.21. The van der Waals surface area contributed by atoms with Gasteiger partial charge in [0.25, 0.3) is 5.91 Å². The van der Waals surface area contributed by atoms with Crippen LogP contribution in [0, 0.1) is 12.7 Å². The molecule has 110 valence electrons. The van der Waals surface area contributed by atoms with Crippen LogP contribution in [0.5, 0.6) is 0 Å². The summed E-state index contributed by atoms with van der Waals surface area (Å²) in [5.74, 6) is -1.52. The van der Waals surface area contributed by atoms with E-state index in [0.29, 0.717) is 11.4 Å². The fourth-order valence-electron chi connectivity index (χ4n) is 1.92. The lowest BCUT2D eigenvalue weighted by Gasteiger charge is -2.07. The van der Waals surface area contributed by atoms with Crippen molar-refractivity contribution in [1.29, 1.82) is 0 Å². The van der Waals surface area contributed by atoms with Crippen LogP contribution in [0.25, 0.3) is 0 Å². The Morgan fingerprint density at radius 3 is 2.81 bits per heavy atom. The lowest BCUT2D eigenvalue weighted by Crippen LogP contribution is -2.15. The normalized spacial score (nSPS) is 10.2. The average molecular weight is 290 g/mol. The number of aryl methyl sites for hydroxylation is 1. The maximum absolute atomic E-state index is 13.1. The fourth-order valence-corrected chi connectivity index (χ4v) is 1.92. The van der Waals surface area contributed by atoms with Crippen LogP contribution in [0.2, 0.25) is 0 Å². The number of esters is 1. The molecule has 2 N–H and O–H groups in total. The monoisotopic (exact) mass is 290 g/mol. The number of amides is 1. The molecule has 1 amide bonds. The summed E-state index contributed by atoms with van der Waals surface area (Å²) in [5.41, 5.74) is 1.33. The number of nitrogens with one attached hydrogen (secondary N) is 2. The number of benzene rings is 1. The Bertz CT molecular complexity index is 679. The van der Waals surface area contributed by atoms with Crippen LogP contribution in [0.15, 0.2) is 30.5 Å². The molecule has 0 saturated carbocycles. The van der Waals surface area contributed by atoms with Crippen LogP contribution in [0.4, 0.5) is 10.1 Å². The van der Waals surface area contributed by atoms with Crippen LogP contribution in [0.1, 0.15) is 33.3 Å². The summed E-state index contributed by atoms with van der Waals surface area (Å²) in [6, 6.07) is 5.31. The summed E-state index contributed by atoms with van der Waals surface area (Å²) in [5, 5.41) is 2.58. The lowest BCUT2D eigenvalue weighted by molar-refractivity contribution is 0.0527. The average Bonchev–Trinajstić information content (AvgIpc) is 2.80. The number of aromatic nitrogens is 1. The zero-order valence-corrected chi connectivity index (χ0v) is 11.7. The van der Waals surface area contributed by atoms with Gasteiger partial charge >= 0.3 is 5.97 Å². The van der Waals surface area contributed by atoms with E-state index >= 15 is 0 Å². The first-order valence-corrected chi connectivity index (χ1v) is 6.45. The number of anilines is 1. The Morgan fingerprint density at radius 2 is 2.14 bits per heavy atom. The summed E-state index contributed by atoms with van der Waals surface area (Å²) in [6.07, 6.45) is 1.50. The van der Waals surface area contributed by atoms with Crippen LogP contribution in [0.3, 0.4) is 0 Å². The Morgan fingerprint density at radius 1 is 1.38 bits per heavy atom. The van der Waals surface area contributed by atoms with Gasteiger partial charge in [0, 0.05) is 17.5 Å². The zero-order valence-electron chi connectivity index (χ0n) is 11.7. The number of hydrogen-bond donors (Lipinski definition) is 2. The summed E-state index contributed by atoms with van der Waals surface area (Å²) < 4.78 is 18.1. The number of ether oxygens (including phenoxy) is 1. The molecule has 0 atom stereocenters. The molecular formula is C15H15FN2O3. The highest BCUT2D eigenvalue weighted by Gasteiger charge is 2.19. The van der Waals surface area contributed by atoms with Gasteiger partial charge < -0.3 is 15.0 Å². The Labute approximate surface area is 121 Å². The van der Waals surface area contributed by atoms with Crippen molar-refractivity contribution in [2.75, 3.05) is 11.9 Å². The zero-order chi connectivity index (χ0) is 15.4. The number of carbonyl (C=O) groups excluding carboxylic acids is 2. The molecule has 0 fully saturated rings. The fraction of sp³-hybridized carbons (Fsp3) is 0.200. The molecule has 6 heteroatoms. The van der Waals surface area contributed by atoms with Crippen molar-refractivity contribution in [3.05, 3.63) is 53.1 Å². The molecule has 5 nitrogen and oxygen atoms in total. The molecule has 1 aromatic carbocycles. The van der Waals surface area contributed by atoms with Crippen LogP contribution in [-0.2, 0) is 4.74 Å². The molecule has 0 radical (unpaired) electrons. The van der Waals surface area contributed by atoms with Crippen LogP contribution < -0.4 is 5.32 Å². The van der Waals surface area contributed by atoms with Crippen molar-refractivity contribution >= 4 is 17.6 Å². The van der Waals surface area contributed by atoms with Gasteiger partial charge in [-0.05, 0) is 32.0 Å². The van der Waals surface area contributed by atoms with E-state index in [-0.39, 0.29) is 17.7 Å². The SMILES string of the molecule is CCOC(=O)c1c(NC(=O)c2cccc(F)c2)c[nH]c1C. The third-order valence-corrected chi connectivity index (χ3v) is 2.89. The standard InChI is InChI=1S/C15H15FN2O3/c1-3-21-15(20)13-9(2)17-8-12(13)18-14(19)10-5-4-6-11(16)7-10/h4-8,17H,3H2,1-2H3,(H,18,19). The molecule has 2 rings (SSSR count). The summed E-state index contributed by atoms with van der Waals surface area (Å²) in [6.45, 7) is 3.63. The Hall–Kier alpha value is -2.63. The highest BCUT2D eigenvalue weighted by molar-refractivity contribution is 6.08. The molecule has 0 aliphatic carbocycles. The number of H-pyrrole nitrogens is 1. The molecule has 1 aromatic heterocycles. The molecule has 0 aliphatic heterocycles. The second-order valence-corrected chi connectivity index (χ2v) is 4.39. The topological polar surface area (TPSA) is 71.2 Å². The van der Waals surface area contributed by atoms with Crippen molar-refractivity contribution in [1.82, 2.24) is 4.98 Å². The van der Waals surface area contributed by atoms with Crippen molar-refractivity contribution in [2.45, 2.75) is 13.8 Å². The van der Waals surface area contributed by atoms with Crippen LogP contribution in [-0.4, -0.2) is 23.5 Å². The highest BCUT2D eigenvalue weighted by atomic mass is 19.1. The van der Waals surface area contributed by atoms with Gasteiger partial charge in [-0.2, -0.15) is 0 Å². The van der Waals surface area contributed by atoms with Gasteiger partial charge in [-0.15, -0.1) is 0 Å². The molecule has 0 spiro atoms. The number of aromatic amines is 1. The molecule has 0 aliphatic rings. The maximum atomic E-state index is 13.1. The summed E-state index contributed by atoms with van der Waals surface area (Å²) in [7, 11) is 0. The smallest absolute Gasteiger partial charge is 0.342 e. The van der Waals surface area contributed by atoms with Gasteiger partial charge in [0.1, 0.15) is 11.4 Å². The van der Waals surface area contributed by atoms with Crippen molar-refractivity contribution in [3.8, 4) is 0 Å². The number of carbonyl (C=O) groups is 2. The van der Waals surface area contributed by atoms with Gasteiger partial charge in [0.2, 0.25) is 0 Å². The van der Waals surface area contributed by atoms with E-state index in [1.807, 2.05) is 0 Å². The maximum Gasteiger partial charge on any atom is 0.342 e. The highest BCUT2D eigenvalue weighted by Crippen LogP contribution is 2.21. The van der Waals surface area contributed by atoms with Crippen molar-refractivity contribution < 1.29 is 18.7 Å². The van der Waals surface area contributed by atoms with E-state index in [1.165, 1.54) is 24.4 Å². The van der Waals surface area contributed by atoms with E-state index in [4.69, 9.17) is 4.74 Å². The number of hydrogen-bond acceptors (Lipinski definition) is 3. The van der Waals surface area contributed by atoms with Crippen molar-refractivity contribution in [2.24, 2.45) is 0 Å². The third-order valence-electron chi connectivity index (χ3n) is 2.89.